The van der Waals surface area contributed by atoms with Gasteiger partial charge in [-0.1, -0.05) is 6.92 Å². The SMILES string of the molecule is Cc1nn(CC(=O)Nc2sc3c(c2C#N)CC[C@H](C)C3)c(C)c1[N+](=O)[O-]. The highest BCUT2D eigenvalue weighted by atomic mass is 32.1. The smallest absolute Gasteiger partial charge is 0.312 e. The third kappa shape index (κ3) is 3.20. The monoisotopic (exact) mass is 373 g/mol. The predicted octanol–water partition coefficient (Wildman–Crippen LogP) is 3.10. The number of thiophene rings is 1. The van der Waals surface area contributed by atoms with E-state index in [1.165, 1.54) is 16.0 Å². The van der Waals surface area contributed by atoms with Gasteiger partial charge in [0.05, 0.1) is 10.5 Å². The Balaban J connectivity index is 1.81. The summed E-state index contributed by atoms with van der Waals surface area (Å²) in [5.41, 5.74) is 2.13. The fourth-order valence-corrected chi connectivity index (χ4v) is 4.74. The third-order valence-corrected chi connectivity index (χ3v) is 5.87. The molecule has 0 aliphatic heterocycles. The van der Waals surface area contributed by atoms with Crippen LogP contribution in [0.2, 0.25) is 0 Å². The van der Waals surface area contributed by atoms with Crippen LogP contribution in [0.4, 0.5) is 10.7 Å². The molecule has 0 saturated heterocycles. The van der Waals surface area contributed by atoms with Gasteiger partial charge in [0.25, 0.3) is 0 Å². The van der Waals surface area contributed by atoms with Gasteiger partial charge in [0.1, 0.15) is 29.0 Å². The van der Waals surface area contributed by atoms with Gasteiger partial charge in [-0.15, -0.1) is 11.3 Å². The Hall–Kier alpha value is -2.73. The maximum atomic E-state index is 12.4. The molecular weight excluding hydrogens is 354 g/mol. The summed E-state index contributed by atoms with van der Waals surface area (Å²) in [5, 5.41) is 28.0. The molecule has 1 N–H and O–H groups in total. The van der Waals surface area contributed by atoms with Crippen molar-refractivity contribution in [1.29, 1.82) is 5.26 Å². The van der Waals surface area contributed by atoms with Gasteiger partial charge < -0.3 is 5.32 Å². The maximum Gasteiger partial charge on any atom is 0.312 e. The van der Waals surface area contributed by atoms with Crippen molar-refractivity contribution in [2.45, 2.75) is 46.6 Å². The molecule has 1 aliphatic carbocycles. The third-order valence-electron chi connectivity index (χ3n) is 4.70. The lowest BCUT2D eigenvalue weighted by atomic mass is 9.89. The first-order chi connectivity index (χ1) is 12.3. The molecule has 136 valence electrons. The average molecular weight is 373 g/mol. The molecule has 0 saturated carbocycles. The van der Waals surface area contributed by atoms with E-state index in [9.17, 15) is 20.2 Å². The molecule has 0 fully saturated rings. The van der Waals surface area contributed by atoms with Crippen molar-refractivity contribution < 1.29 is 9.72 Å². The number of aromatic nitrogens is 2. The number of anilines is 1. The minimum absolute atomic E-state index is 0.0731. The Bertz CT molecular complexity index is 937. The lowest BCUT2D eigenvalue weighted by Gasteiger charge is -2.17. The standard InChI is InChI=1S/C17H19N5O3S/c1-9-4-5-12-13(7-18)17(26-14(12)6-9)19-15(23)8-21-11(3)16(22(24)25)10(2)20-21/h9H,4-6,8H2,1-3H3,(H,19,23)/t9-/m0/s1. The highest BCUT2D eigenvalue weighted by Crippen LogP contribution is 2.39. The molecule has 1 amide bonds. The van der Waals surface area contributed by atoms with E-state index in [1.807, 2.05) is 0 Å². The highest BCUT2D eigenvalue weighted by Gasteiger charge is 2.26. The summed E-state index contributed by atoms with van der Waals surface area (Å²) < 4.78 is 1.32. The van der Waals surface area contributed by atoms with Crippen LogP contribution in [-0.2, 0) is 24.2 Å². The number of amides is 1. The predicted molar refractivity (Wildman–Crippen MR) is 97.2 cm³/mol. The molecule has 3 rings (SSSR count). The van der Waals surface area contributed by atoms with Crippen molar-refractivity contribution in [3.8, 4) is 6.07 Å². The summed E-state index contributed by atoms with van der Waals surface area (Å²) in [4.78, 5) is 24.2. The first-order valence-electron chi connectivity index (χ1n) is 8.34. The number of aryl methyl sites for hydroxylation is 1. The number of rotatable bonds is 4. The summed E-state index contributed by atoms with van der Waals surface area (Å²) in [6.45, 7) is 5.16. The average Bonchev–Trinajstić information content (AvgIpc) is 3.03. The van der Waals surface area contributed by atoms with Crippen LogP contribution >= 0.6 is 11.3 Å². The number of hydrogen-bond donors (Lipinski definition) is 1. The summed E-state index contributed by atoms with van der Waals surface area (Å²) >= 11 is 1.45. The van der Waals surface area contributed by atoms with Crippen LogP contribution in [0.3, 0.4) is 0 Å². The normalized spacial score (nSPS) is 16.0. The van der Waals surface area contributed by atoms with Gasteiger partial charge in [-0.3, -0.25) is 19.6 Å². The van der Waals surface area contributed by atoms with E-state index in [-0.39, 0.29) is 23.8 Å². The van der Waals surface area contributed by atoms with E-state index in [4.69, 9.17) is 0 Å². The lowest BCUT2D eigenvalue weighted by molar-refractivity contribution is -0.386. The zero-order chi connectivity index (χ0) is 19.0. The molecule has 0 bridgehead atoms. The zero-order valence-electron chi connectivity index (χ0n) is 14.8. The number of nitro groups is 1. The van der Waals surface area contributed by atoms with E-state index in [0.717, 1.165) is 29.7 Å². The first-order valence-corrected chi connectivity index (χ1v) is 9.16. The maximum absolute atomic E-state index is 12.4. The first kappa shape index (κ1) is 18.1. The number of nitriles is 1. The minimum Gasteiger partial charge on any atom is -0.315 e. The highest BCUT2D eigenvalue weighted by molar-refractivity contribution is 7.16. The summed E-state index contributed by atoms with van der Waals surface area (Å²) in [6.07, 6.45) is 2.82. The molecule has 2 aromatic rings. The van der Waals surface area contributed by atoms with Crippen LogP contribution in [0.15, 0.2) is 0 Å². The van der Waals surface area contributed by atoms with Gasteiger partial charge in [0.2, 0.25) is 5.91 Å². The molecular formula is C17H19N5O3S. The Morgan fingerprint density at radius 3 is 2.88 bits per heavy atom. The minimum atomic E-state index is -0.492. The fourth-order valence-electron chi connectivity index (χ4n) is 3.36. The van der Waals surface area contributed by atoms with Crippen molar-refractivity contribution in [2.75, 3.05) is 5.32 Å². The molecule has 0 spiro atoms. The molecule has 1 atom stereocenters. The van der Waals surface area contributed by atoms with Crippen molar-refractivity contribution in [2.24, 2.45) is 5.92 Å². The Labute approximate surface area is 154 Å². The Kier molecular flexibility index (Phi) is 4.78. The van der Waals surface area contributed by atoms with Crippen LogP contribution in [-0.4, -0.2) is 20.6 Å². The van der Waals surface area contributed by atoms with Gasteiger partial charge in [-0.25, -0.2) is 0 Å². The Morgan fingerprint density at radius 2 is 2.27 bits per heavy atom. The van der Waals surface area contributed by atoms with Gasteiger partial charge >= 0.3 is 5.69 Å². The number of hydrogen-bond acceptors (Lipinski definition) is 6. The van der Waals surface area contributed by atoms with Crippen LogP contribution < -0.4 is 5.32 Å². The molecule has 8 nitrogen and oxygen atoms in total. The van der Waals surface area contributed by atoms with Crippen LogP contribution in [0.1, 0.15) is 40.7 Å². The van der Waals surface area contributed by atoms with Crippen LogP contribution in [0.25, 0.3) is 0 Å². The quantitative estimate of drug-likeness (QED) is 0.653. The van der Waals surface area contributed by atoms with Crippen molar-refractivity contribution in [1.82, 2.24) is 9.78 Å². The van der Waals surface area contributed by atoms with Gasteiger partial charge in [-0.2, -0.15) is 10.4 Å². The summed E-state index contributed by atoms with van der Waals surface area (Å²) in [7, 11) is 0. The Morgan fingerprint density at radius 1 is 1.54 bits per heavy atom. The molecule has 26 heavy (non-hydrogen) atoms. The van der Waals surface area contributed by atoms with E-state index >= 15 is 0 Å². The second kappa shape index (κ2) is 6.88. The van der Waals surface area contributed by atoms with Crippen molar-refractivity contribution in [3.63, 3.8) is 0 Å². The molecule has 1 aliphatic rings. The van der Waals surface area contributed by atoms with Crippen LogP contribution in [0.5, 0.6) is 0 Å². The molecule has 9 heteroatoms. The second-order valence-electron chi connectivity index (χ2n) is 6.65. The topological polar surface area (TPSA) is 114 Å². The van der Waals surface area contributed by atoms with Gasteiger partial charge in [0, 0.05) is 4.88 Å². The largest absolute Gasteiger partial charge is 0.315 e. The lowest BCUT2D eigenvalue weighted by Crippen LogP contribution is -2.20. The van der Waals surface area contributed by atoms with E-state index < -0.39 is 4.92 Å². The van der Waals surface area contributed by atoms with Crippen molar-refractivity contribution in [3.05, 3.63) is 37.5 Å². The van der Waals surface area contributed by atoms with E-state index in [1.54, 1.807) is 13.8 Å². The van der Waals surface area contributed by atoms with E-state index in [2.05, 4.69) is 23.4 Å². The molecule has 2 aromatic heterocycles. The van der Waals surface area contributed by atoms with Crippen LogP contribution in [0, 0.1) is 41.2 Å². The second-order valence-corrected chi connectivity index (χ2v) is 7.76. The summed E-state index contributed by atoms with van der Waals surface area (Å²) in [6, 6.07) is 2.21. The number of nitrogens with zero attached hydrogens (tertiary/aromatic N) is 4. The fraction of sp³-hybridized carbons (Fsp3) is 0.471. The number of fused-ring (bicyclic) bond motifs is 1. The molecule has 0 aromatic carbocycles. The summed E-state index contributed by atoms with van der Waals surface area (Å²) in [5.74, 6) is 0.222. The zero-order valence-corrected chi connectivity index (χ0v) is 15.6. The molecule has 2 heterocycles. The van der Waals surface area contributed by atoms with Gasteiger partial charge in [0.15, 0.2) is 0 Å². The number of carbonyl (C=O) groups excluding carboxylic acids is 1. The number of nitrogens with one attached hydrogen (secondary N) is 1. The number of carbonyl (C=O) groups is 1. The van der Waals surface area contributed by atoms with Crippen molar-refractivity contribution >= 4 is 27.9 Å². The van der Waals surface area contributed by atoms with E-state index in [0.29, 0.717) is 22.2 Å². The molecule has 0 unspecified atom stereocenters. The van der Waals surface area contributed by atoms with Gasteiger partial charge in [-0.05, 0) is 44.6 Å². The molecule has 0 radical (unpaired) electrons.